The van der Waals surface area contributed by atoms with Crippen LogP contribution in [0.2, 0.25) is 10.0 Å². The second kappa shape index (κ2) is 11.8. The number of thiocarbonyl (C=S) groups is 1. The fourth-order valence-electron chi connectivity index (χ4n) is 3.06. The Morgan fingerprint density at radius 2 is 1.74 bits per heavy atom. The van der Waals surface area contributed by atoms with Crippen molar-refractivity contribution >= 4 is 115 Å². The highest BCUT2D eigenvalue weighted by Gasteiger charge is 2.33. The Morgan fingerprint density at radius 3 is 2.40 bits per heavy atom. The van der Waals surface area contributed by atoms with Gasteiger partial charge < -0.3 is 4.74 Å². The topological polar surface area (TPSA) is 58.6 Å². The zero-order chi connectivity index (χ0) is 25.1. The minimum Gasteiger partial charge on any atom is -0.487 e. The van der Waals surface area contributed by atoms with E-state index in [1.807, 2.05) is 24.3 Å². The van der Waals surface area contributed by atoms with Crippen LogP contribution >= 0.6 is 92.4 Å². The maximum atomic E-state index is 12.9. The predicted octanol–water partition coefficient (Wildman–Crippen LogP) is 7.33. The van der Waals surface area contributed by atoms with Crippen LogP contribution in [0.15, 0.2) is 65.6 Å². The van der Waals surface area contributed by atoms with Crippen molar-refractivity contribution in [3.8, 4) is 5.75 Å². The number of amides is 2. The number of benzene rings is 3. The van der Waals surface area contributed by atoms with Crippen molar-refractivity contribution in [2.45, 2.75) is 6.61 Å². The van der Waals surface area contributed by atoms with E-state index in [9.17, 15) is 9.59 Å². The third-order valence-electron chi connectivity index (χ3n) is 4.73. The Bertz CT molecular complexity index is 1350. The average Bonchev–Trinajstić information content (AvgIpc) is 3.08. The normalized spacial score (nSPS) is 14.5. The molecule has 35 heavy (non-hydrogen) atoms. The van der Waals surface area contributed by atoms with Gasteiger partial charge in [-0.3, -0.25) is 15.0 Å². The maximum Gasteiger partial charge on any atom is 0.285 e. The Labute approximate surface area is 248 Å². The molecular formula is C24H14Cl2I2N2O3S2. The van der Waals surface area contributed by atoms with Gasteiger partial charge in [-0.25, -0.2) is 0 Å². The highest BCUT2D eigenvalue weighted by Crippen LogP contribution is 2.35. The molecule has 2 amide bonds. The summed E-state index contributed by atoms with van der Waals surface area (Å²) in [5.41, 5.74) is 4.73. The van der Waals surface area contributed by atoms with Gasteiger partial charge in [-0.2, -0.15) is 5.01 Å². The summed E-state index contributed by atoms with van der Waals surface area (Å²) < 4.78 is 8.06. The summed E-state index contributed by atoms with van der Waals surface area (Å²) in [5, 5.41) is 2.07. The van der Waals surface area contributed by atoms with E-state index in [1.54, 1.807) is 42.5 Å². The van der Waals surface area contributed by atoms with Gasteiger partial charge in [0.15, 0.2) is 4.32 Å². The van der Waals surface area contributed by atoms with Gasteiger partial charge in [-0.05, 0) is 111 Å². The fourth-order valence-corrected chi connectivity index (χ4v) is 6.68. The summed E-state index contributed by atoms with van der Waals surface area (Å²) in [6.07, 6.45) is 1.75. The van der Waals surface area contributed by atoms with E-state index in [2.05, 4.69) is 50.6 Å². The molecule has 0 aromatic heterocycles. The first-order valence-corrected chi connectivity index (χ1v) is 14.1. The predicted molar refractivity (Wildman–Crippen MR) is 162 cm³/mol. The second-order valence-corrected chi connectivity index (χ2v) is 12.0. The fraction of sp³-hybridized carbons (Fsp3) is 0.0417. The number of carbonyl (C=O) groups excluding carboxylic acids is 2. The summed E-state index contributed by atoms with van der Waals surface area (Å²) in [5.74, 6) is -0.0536. The Morgan fingerprint density at radius 1 is 1.06 bits per heavy atom. The largest absolute Gasteiger partial charge is 0.487 e. The molecule has 3 aromatic carbocycles. The first-order chi connectivity index (χ1) is 16.7. The molecule has 178 valence electrons. The molecular weight excluding hydrogens is 753 g/mol. The van der Waals surface area contributed by atoms with E-state index < -0.39 is 5.91 Å². The first-order valence-electron chi connectivity index (χ1n) is 9.92. The monoisotopic (exact) mass is 766 g/mol. The smallest absolute Gasteiger partial charge is 0.285 e. The molecule has 0 bridgehead atoms. The molecule has 0 unspecified atom stereocenters. The minimum atomic E-state index is -0.407. The van der Waals surface area contributed by atoms with Gasteiger partial charge in [0, 0.05) is 5.56 Å². The summed E-state index contributed by atoms with van der Waals surface area (Å²) in [6.45, 7) is 0.335. The Balaban J connectivity index is 1.48. The van der Waals surface area contributed by atoms with Crippen LogP contribution in [-0.4, -0.2) is 21.1 Å². The van der Waals surface area contributed by atoms with E-state index in [4.69, 9.17) is 40.2 Å². The van der Waals surface area contributed by atoms with E-state index in [-0.39, 0.29) is 10.2 Å². The summed E-state index contributed by atoms with van der Waals surface area (Å²) in [4.78, 5) is 25.8. The van der Waals surface area contributed by atoms with Gasteiger partial charge in [-0.15, -0.1) is 0 Å². The van der Waals surface area contributed by atoms with Crippen molar-refractivity contribution in [3.05, 3.63) is 99.4 Å². The molecule has 0 spiro atoms. The van der Waals surface area contributed by atoms with E-state index >= 15 is 0 Å². The van der Waals surface area contributed by atoms with Crippen molar-refractivity contribution in [3.63, 3.8) is 0 Å². The molecule has 4 rings (SSSR count). The first kappa shape index (κ1) is 26.7. The van der Waals surface area contributed by atoms with Gasteiger partial charge in [0.25, 0.3) is 11.8 Å². The molecule has 0 aliphatic carbocycles. The Kier molecular flexibility index (Phi) is 8.98. The van der Waals surface area contributed by atoms with Crippen LogP contribution < -0.4 is 10.2 Å². The number of nitrogens with zero attached hydrogens (tertiary/aromatic N) is 1. The van der Waals surface area contributed by atoms with Crippen molar-refractivity contribution < 1.29 is 14.3 Å². The van der Waals surface area contributed by atoms with Gasteiger partial charge in [0.2, 0.25) is 0 Å². The van der Waals surface area contributed by atoms with Crippen LogP contribution in [0.5, 0.6) is 5.75 Å². The molecule has 1 saturated heterocycles. The van der Waals surface area contributed by atoms with Gasteiger partial charge in [0.1, 0.15) is 12.4 Å². The molecule has 1 heterocycles. The number of hydrazine groups is 1. The van der Waals surface area contributed by atoms with Crippen LogP contribution in [0.3, 0.4) is 0 Å². The minimum absolute atomic E-state index is 0.261. The Hall–Kier alpha value is -1.38. The van der Waals surface area contributed by atoms with Crippen LogP contribution in [0, 0.1) is 7.14 Å². The number of rotatable bonds is 6. The molecule has 1 N–H and O–H groups in total. The summed E-state index contributed by atoms with van der Waals surface area (Å²) in [6, 6.07) is 17.9. The lowest BCUT2D eigenvalue weighted by Crippen LogP contribution is -2.44. The van der Waals surface area contributed by atoms with Crippen molar-refractivity contribution in [1.82, 2.24) is 10.4 Å². The quantitative estimate of drug-likeness (QED) is 0.162. The lowest BCUT2D eigenvalue weighted by atomic mass is 10.2. The van der Waals surface area contributed by atoms with Crippen LogP contribution in [0.25, 0.3) is 6.08 Å². The molecule has 11 heteroatoms. The van der Waals surface area contributed by atoms with Gasteiger partial charge >= 0.3 is 0 Å². The molecule has 0 saturated carbocycles. The molecule has 3 aromatic rings. The highest BCUT2D eigenvalue weighted by molar-refractivity contribution is 14.1. The number of carbonyl (C=O) groups is 2. The van der Waals surface area contributed by atoms with Crippen LogP contribution in [0.4, 0.5) is 0 Å². The SMILES string of the molecule is O=C(NN1C(=O)/C(=C\c2cc(I)c(OCc3ccc(Cl)c(Cl)c3)c(I)c2)SC1=S)c1ccccc1. The number of nitrogens with one attached hydrogen (secondary N) is 1. The van der Waals surface area contributed by atoms with E-state index in [1.165, 1.54) is 0 Å². The summed E-state index contributed by atoms with van der Waals surface area (Å²) >= 11 is 22.9. The van der Waals surface area contributed by atoms with Crippen molar-refractivity contribution in [2.75, 3.05) is 0 Å². The van der Waals surface area contributed by atoms with Crippen molar-refractivity contribution in [2.24, 2.45) is 0 Å². The maximum absolute atomic E-state index is 12.9. The van der Waals surface area contributed by atoms with Crippen molar-refractivity contribution in [1.29, 1.82) is 0 Å². The molecule has 1 aliphatic heterocycles. The third-order valence-corrected chi connectivity index (χ3v) is 8.37. The molecule has 1 fully saturated rings. The lowest BCUT2D eigenvalue weighted by Gasteiger charge is -2.15. The number of halogens is 4. The summed E-state index contributed by atoms with van der Waals surface area (Å²) in [7, 11) is 0. The lowest BCUT2D eigenvalue weighted by molar-refractivity contribution is -0.123. The number of thioether (sulfide) groups is 1. The van der Waals surface area contributed by atoms with Crippen LogP contribution in [-0.2, 0) is 11.4 Å². The second-order valence-electron chi connectivity index (χ2n) is 7.17. The standard InChI is InChI=1S/C24H14Cl2I2N2O3S2/c25-16-7-6-13(8-17(16)26)12-33-21-18(27)9-14(10-19(21)28)11-20-23(32)30(24(34)35-20)29-22(31)15-4-2-1-3-5-15/h1-11H,12H2,(H,29,31)/b20-11+. The average molecular weight is 767 g/mol. The van der Waals surface area contributed by atoms with E-state index in [0.29, 0.717) is 27.1 Å². The molecule has 1 aliphatic rings. The zero-order valence-corrected chi connectivity index (χ0v) is 25.0. The molecule has 0 radical (unpaired) electrons. The highest BCUT2D eigenvalue weighted by atomic mass is 127. The van der Waals surface area contributed by atoms with Gasteiger partial charge in [-0.1, -0.05) is 59.2 Å². The van der Waals surface area contributed by atoms with E-state index in [0.717, 1.165) is 40.8 Å². The molecule has 5 nitrogen and oxygen atoms in total. The number of hydrogen-bond acceptors (Lipinski definition) is 5. The zero-order valence-electron chi connectivity index (χ0n) is 17.6. The van der Waals surface area contributed by atoms with Crippen LogP contribution in [0.1, 0.15) is 21.5 Å². The number of hydrogen-bond donors (Lipinski definition) is 1. The van der Waals surface area contributed by atoms with Gasteiger partial charge in [0.05, 0.1) is 22.1 Å². The number of ether oxygens (including phenoxy) is 1. The molecule has 0 atom stereocenters. The third kappa shape index (κ3) is 6.50.